The zero-order valence-electron chi connectivity index (χ0n) is 32.0. The standard InChI is InChI=1S/C42H48N6O7S/c1-26-24-41(2,3)48-42(4,25-26)18-8-20-43-19-7-9-27-12-13-28-23-37(56-55-54-53)35(22-29(28)21-27)47-45-33-15-14-32(30-10-5-6-11-31(30)33)44-46-34-16-17-36(49)38(39(34)50)40(51)52/h5-6,10-17,21-23,26,43,48-50,53H,7-9,18-20,24-25H2,1-4H3,(H,51,52). The minimum atomic E-state index is -1.49. The van der Waals surface area contributed by atoms with Crippen LogP contribution in [0.2, 0.25) is 0 Å². The maximum Gasteiger partial charge on any atom is 0.343 e. The summed E-state index contributed by atoms with van der Waals surface area (Å²) in [5.41, 5.74) is 2.29. The Morgan fingerprint density at radius 1 is 0.839 bits per heavy atom. The molecule has 0 spiro atoms. The van der Waals surface area contributed by atoms with E-state index in [1.54, 1.807) is 12.1 Å². The predicted molar refractivity (Wildman–Crippen MR) is 218 cm³/mol. The lowest BCUT2D eigenvalue weighted by Gasteiger charge is -2.47. The van der Waals surface area contributed by atoms with E-state index in [1.165, 1.54) is 24.5 Å². The third kappa shape index (κ3) is 10.1. The predicted octanol–water partition coefficient (Wildman–Crippen LogP) is 11.2. The van der Waals surface area contributed by atoms with Gasteiger partial charge in [-0.15, -0.1) is 24.8 Å². The van der Waals surface area contributed by atoms with Crippen molar-refractivity contribution >= 4 is 62.3 Å². The van der Waals surface area contributed by atoms with Crippen molar-refractivity contribution in [3.63, 3.8) is 0 Å². The molecule has 1 heterocycles. The van der Waals surface area contributed by atoms with Crippen LogP contribution < -0.4 is 10.6 Å². The van der Waals surface area contributed by atoms with Gasteiger partial charge in [-0.2, -0.15) is 0 Å². The summed E-state index contributed by atoms with van der Waals surface area (Å²) in [5, 5.41) is 70.7. The van der Waals surface area contributed by atoms with Crippen molar-refractivity contribution in [3.05, 3.63) is 90.0 Å². The molecule has 0 saturated carbocycles. The molecule has 0 aromatic heterocycles. The van der Waals surface area contributed by atoms with Crippen LogP contribution in [0.5, 0.6) is 11.5 Å². The highest BCUT2D eigenvalue weighted by Crippen LogP contribution is 2.41. The lowest BCUT2D eigenvalue weighted by Crippen LogP contribution is -2.59. The molecule has 2 atom stereocenters. The fraction of sp³-hybridized carbons (Fsp3) is 0.357. The summed E-state index contributed by atoms with van der Waals surface area (Å²) in [4.78, 5) is 12.1. The van der Waals surface area contributed by atoms with Gasteiger partial charge in [0.1, 0.15) is 22.7 Å². The average Bonchev–Trinajstić information content (AvgIpc) is 3.14. The zero-order chi connectivity index (χ0) is 39.9. The lowest BCUT2D eigenvalue weighted by molar-refractivity contribution is -0.432. The average molecular weight is 781 g/mol. The van der Waals surface area contributed by atoms with E-state index in [1.807, 2.05) is 36.4 Å². The van der Waals surface area contributed by atoms with E-state index in [2.05, 4.69) is 82.0 Å². The van der Waals surface area contributed by atoms with Crippen LogP contribution in [0.1, 0.15) is 75.7 Å². The molecule has 0 radical (unpaired) electrons. The molecule has 1 aliphatic heterocycles. The number of hydrogen-bond donors (Lipinski definition) is 6. The quantitative estimate of drug-likeness (QED) is 0.0185. The molecule has 0 amide bonds. The molecule has 5 aromatic carbocycles. The topological polar surface area (TPSA) is 190 Å². The molecule has 2 unspecified atom stereocenters. The van der Waals surface area contributed by atoms with Crippen LogP contribution in [-0.4, -0.2) is 50.7 Å². The molecule has 14 heteroatoms. The number of azo groups is 2. The van der Waals surface area contributed by atoms with Gasteiger partial charge in [-0.1, -0.05) is 54.4 Å². The molecule has 294 valence electrons. The number of fused-ring (bicyclic) bond motifs is 2. The van der Waals surface area contributed by atoms with Crippen molar-refractivity contribution in [2.45, 2.75) is 82.2 Å². The lowest BCUT2D eigenvalue weighted by atomic mass is 9.74. The Kier molecular flexibility index (Phi) is 13.0. The smallest absolute Gasteiger partial charge is 0.343 e. The first-order chi connectivity index (χ1) is 26.8. The summed E-state index contributed by atoms with van der Waals surface area (Å²) >= 11 is 0.810. The number of carbonyl (C=O) groups is 1. The number of benzene rings is 5. The van der Waals surface area contributed by atoms with E-state index in [-0.39, 0.29) is 16.8 Å². The van der Waals surface area contributed by atoms with Crippen LogP contribution in [0.15, 0.2) is 104 Å². The van der Waals surface area contributed by atoms with Gasteiger partial charge in [0.15, 0.2) is 5.75 Å². The van der Waals surface area contributed by atoms with E-state index < -0.39 is 23.0 Å². The number of phenols is 2. The Morgan fingerprint density at radius 3 is 2.18 bits per heavy atom. The molecule has 1 aliphatic rings. The summed E-state index contributed by atoms with van der Waals surface area (Å²) in [6, 6.07) is 23.4. The Morgan fingerprint density at radius 2 is 1.50 bits per heavy atom. The largest absolute Gasteiger partial charge is 0.507 e. The molecule has 6 N–H and O–H groups in total. The minimum absolute atomic E-state index is 0.116. The maximum atomic E-state index is 11.5. The molecule has 0 aliphatic carbocycles. The second kappa shape index (κ2) is 17.9. The number of aromatic carboxylic acids is 1. The van der Waals surface area contributed by atoms with Crippen molar-refractivity contribution in [3.8, 4) is 11.5 Å². The Bertz CT molecular complexity index is 2270. The zero-order valence-corrected chi connectivity index (χ0v) is 32.8. The van der Waals surface area contributed by atoms with Gasteiger partial charge in [0.05, 0.1) is 28.3 Å². The van der Waals surface area contributed by atoms with Gasteiger partial charge in [-0.3, -0.25) is 0 Å². The van der Waals surface area contributed by atoms with Gasteiger partial charge >= 0.3 is 5.97 Å². The van der Waals surface area contributed by atoms with E-state index in [0.717, 1.165) is 73.6 Å². The van der Waals surface area contributed by atoms with Crippen LogP contribution >= 0.6 is 12.0 Å². The molecule has 56 heavy (non-hydrogen) atoms. The fourth-order valence-corrected chi connectivity index (χ4v) is 8.59. The van der Waals surface area contributed by atoms with Gasteiger partial charge in [0.25, 0.3) is 0 Å². The first kappa shape index (κ1) is 40.7. The van der Waals surface area contributed by atoms with Crippen molar-refractivity contribution in [2.24, 2.45) is 26.4 Å². The Hall–Kier alpha value is -4.96. The molecule has 6 rings (SSSR count). The third-order valence-electron chi connectivity index (χ3n) is 10.1. The Balaban J connectivity index is 1.14. The maximum absolute atomic E-state index is 11.5. The van der Waals surface area contributed by atoms with Crippen LogP contribution in [0.4, 0.5) is 22.7 Å². The molecule has 5 aromatic rings. The Labute approximate surface area is 329 Å². The van der Waals surface area contributed by atoms with Gasteiger partial charge < -0.3 is 26.0 Å². The van der Waals surface area contributed by atoms with Crippen LogP contribution in [0, 0.1) is 5.92 Å². The molecule has 1 fully saturated rings. The second-order valence-electron chi connectivity index (χ2n) is 15.4. The monoisotopic (exact) mass is 780 g/mol. The highest BCUT2D eigenvalue weighted by atomic mass is 32.2. The van der Waals surface area contributed by atoms with Gasteiger partial charge in [0.2, 0.25) is 0 Å². The number of nitrogens with one attached hydrogen (secondary N) is 2. The summed E-state index contributed by atoms with van der Waals surface area (Å²) in [7, 11) is 0. The van der Waals surface area contributed by atoms with Crippen LogP contribution in [0.25, 0.3) is 21.5 Å². The summed E-state index contributed by atoms with van der Waals surface area (Å²) in [6.07, 6.45) is 6.67. The molecular formula is C42H48N6O7S. The van der Waals surface area contributed by atoms with Gasteiger partial charge in [0, 0.05) is 21.9 Å². The number of carboxylic acids is 1. The van der Waals surface area contributed by atoms with E-state index in [0.29, 0.717) is 32.7 Å². The molecule has 13 nitrogen and oxygen atoms in total. The number of hydrogen-bond acceptors (Lipinski definition) is 13. The van der Waals surface area contributed by atoms with Crippen LogP contribution in [-0.2, 0) is 15.8 Å². The van der Waals surface area contributed by atoms with Gasteiger partial charge in [-0.25, -0.2) is 10.1 Å². The van der Waals surface area contributed by atoms with Crippen molar-refractivity contribution in [2.75, 3.05) is 13.1 Å². The molecular weight excluding hydrogens is 733 g/mol. The van der Waals surface area contributed by atoms with Crippen molar-refractivity contribution in [1.82, 2.24) is 10.6 Å². The van der Waals surface area contributed by atoms with Crippen molar-refractivity contribution < 1.29 is 34.7 Å². The normalized spacial score (nSPS) is 18.4. The number of aryl methyl sites for hydroxylation is 1. The summed E-state index contributed by atoms with van der Waals surface area (Å²) in [5.74, 6) is -2.03. The highest BCUT2D eigenvalue weighted by molar-refractivity contribution is 7.94. The minimum Gasteiger partial charge on any atom is -0.507 e. The number of carboxylic acid groups (broad SMARTS) is 1. The SMILES string of the molecule is CC1CC(C)(C)NC(C)(CCCNCCCc2ccc3cc(SOOO)c(N=Nc4ccc(N=Nc5ccc(O)c(C(=O)O)c5O)c5ccccc45)cc3c2)C1. The van der Waals surface area contributed by atoms with E-state index in [9.17, 15) is 20.1 Å². The molecule has 0 bridgehead atoms. The van der Waals surface area contributed by atoms with E-state index in [4.69, 9.17) is 9.59 Å². The van der Waals surface area contributed by atoms with Crippen LogP contribution in [0.3, 0.4) is 0 Å². The first-order valence-corrected chi connectivity index (χ1v) is 19.4. The van der Waals surface area contributed by atoms with Crippen molar-refractivity contribution in [1.29, 1.82) is 0 Å². The van der Waals surface area contributed by atoms with Gasteiger partial charge in [-0.05, 0) is 131 Å². The first-order valence-electron chi connectivity index (χ1n) is 18.7. The summed E-state index contributed by atoms with van der Waals surface area (Å²) in [6.45, 7) is 11.3. The summed E-state index contributed by atoms with van der Waals surface area (Å²) < 4.78 is 4.79. The molecule has 1 saturated heterocycles. The number of aromatic hydroxyl groups is 2. The van der Waals surface area contributed by atoms with E-state index >= 15 is 0 Å². The third-order valence-corrected chi connectivity index (χ3v) is 10.7. The highest BCUT2D eigenvalue weighted by Gasteiger charge is 2.38. The fourth-order valence-electron chi connectivity index (χ4n) is 8.13. The number of piperidine rings is 1. The second-order valence-corrected chi connectivity index (χ2v) is 16.2. The number of nitrogens with zero attached hydrogens (tertiary/aromatic N) is 4. The number of rotatable bonds is 16.